The summed E-state index contributed by atoms with van der Waals surface area (Å²) < 4.78 is 0. The molecule has 0 heterocycles. The Morgan fingerprint density at radius 1 is 1.06 bits per heavy atom. The first kappa shape index (κ1) is 14.0. The summed E-state index contributed by atoms with van der Waals surface area (Å²) in [7, 11) is 0. The van der Waals surface area contributed by atoms with Gasteiger partial charge in [0.1, 0.15) is 0 Å². The summed E-state index contributed by atoms with van der Waals surface area (Å²) in [4.78, 5) is 0. The fourth-order valence-electron chi connectivity index (χ4n) is 3.24. The Hall–Kier alpha value is -0.0400. The van der Waals surface area contributed by atoms with Gasteiger partial charge in [0.05, 0.1) is 0 Å². The molecule has 0 amide bonds. The SMILES string of the molecule is CCCNC(CC1CCCC1)C(CC)CC. The van der Waals surface area contributed by atoms with E-state index in [1.165, 1.54) is 57.9 Å². The Balaban J connectivity index is 2.40. The molecular formula is C15H31N. The Morgan fingerprint density at radius 2 is 1.69 bits per heavy atom. The van der Waals surface area contributed by atoms with Gasteiger partial charge in [0.15, 0.2) is 0 Å². The third kappa shape index (κ3) is 4.45. The van der Waals surface area contributed by atoms with Crippen LogP contribution in [-0.4, -0.2) is 12.6 Å². The summed E-state index contributed by atoms with van der Waals surface area (Å²) in [6, 6.07) is 0.790. The summed E-state index contributed by atoms with van der Waals surface area (Å²) in [6.45, 7) is 8.17. The Kier molecular flexibility index (Phi) is 7.11. The zero-order valence-electron chi connectivity index (χ0n) is 11.6. The lowest BCUT2D eigenvalue weighted by Crippen LogP contribution is -2.37. The largest absolute Gasteiger partial charge is 0.314 e. The van der Waals surface area contributed by atoms with E-state index < -0.39 is 0 Å². The van der Waals surface area contributed by atoms with Crippen LogP contribution in [0.1, 0.15) is 72.1 Å². The highest BCUT2D eigenvalue weighted by molar-refractivity contribution is 4.80. The van der Waals surface area contributed by atoms with Crippen molar-refractivity contribution in [2.45, 2.75) is 78.2 Å². The van der Waals surface area contributed by atoms with Crippen molar-refractivity contribution in [1.29, 1.82) is 0 Å². The van der Waals surface area contributed by atoms with Gasteiger partial charge in [-0.1, -0.05) is 59.3 Å². The summed E-state index contributed by atoms with van der Waals surface area (Å²) >= 11 is 0. The summed E-state index contributed by atoms with van der Waals surface area (Å²) in [5, 5.41) is 3.80. The van der Waals surface area contributed by atoms with E-state index in [1.54, 1.807) is 0 Å². The summed E-state index contributed by atoms with van der Waals surface area (Å²) in [5.74, 6) is 1.92. The molecule has 96 valence electrons. The standard InChI is InChI=1S/C15H31N/c1-4-11-16-15(14(5-2)6-3)12-13-9-7-8-10-13/h13-16H,4-12H2,1-3H3. The number of hydrogen-bond donors (Lipinski definition) is 1. The van der Waals surface area contributed by atoms with Gasteiger partial charge >= 0.3 is 0 Å². The average Bonchev–Trinajstić information content (AvgIpc) is 2.80. The number of hydrogen-bond acceptors (Lipinski definition) is 1. The van der Waals surface area contributed by atoms with Crippen LogP contribution in [0.3, 0.4) is 0 Å². The number of nitrogens with one attached hydrogen (secondary N) is 1. The van der Waals surface area contributed by atoms with Gasteiger partial charge in [0.25, 0.3) is 0 Å². The molecule has 1 atom stereocenters. The second-order valence-corrected chi connectivity index (χ2v) is 5.52. The van der Waals surface area contributed by atoms with Crippen molar-refractivity contribution in [3.63, 3.8) is 0 Å². The molecule has 16 heavy (non-hydrogen) atoms. The maximum absolute atomic E-state index is 3.80. The monoisotopic (exact) mass is 225 g/mol. The van der Waals surface area contributed by atoms with Crippen LogP contribution >= 0.6 is 0 Å². The molecule has 1 heteroatoms. The van der Waals surface area contributed by atoms with Gasteiger partial charge in [-0.2, -0.15) is 0 Å². The summed E-state index contributed by atoms with van der Waals surface area (Å²) in [6.07, 6.45) is 11.3. The normalized spacial score (nSPS) is 19.5. The van der Waals surface area contributed by atoms with Crippen molar-refractivity contribution < 1.29 is 0 Å². The van der Waals surface area contributed by atoms with Crippen LogP contribution in [0.4, 0.5) is 0 Å². The van der Waals surface area contributed by atoms with E-state index in [2.05, 4.69) is 26.1 Å². The molecule has 0 aromatic carbocycles. The molecule has 0 aromatic rings. The smallest absolute Gasteiger partial charge is 0.00977 e. The Bertz CT molecular complexity index is 157. The van der Waals surface area contributed by atoms with E-state index >= 15 is 0 Å². The van der Waals surface area contributed by atoms with Crippen LogP contribution in [0.15, 0.2) is 0 Å². The van der Waals surface area contributed by atoms with Crippen molar-refractivity contribution >= 4 is 0 Å². The minimum Gasteiger partial charge on any atom is -0.314 e. The molecule has 0 aliphatic heterocycles. The molecule has 1 fully saturated rings. The van der Waals surface area contributed by atoms with Gasteiger partial charge in [-0.15, -0.1) is 0 Å². The minimum atomic E-state index is 0.790. The van der Waals surface area contributed by atoms with Crippen LogP contribution in [0.2, 0.25) is 0 Å². The average molecular weight is 225 g/mol. The van der Waals surface area contributed by atoms with Crippen LogP contribution in [0.5, 0.6) is 0 Å². The van der Waals surface area contributed by atoms with Gasteiger partial charge in [-0.3, -0.25) is 0 Å². The maximum Gasteiger partial charge on any atom is 0.00977 e. The first-order chi connectivity index (χ1) is 7.81. The van der Waals surface area contributed by atoms with E-state index in [0.717, 1.165) is 17.9 Å². The molecule has 1 saturated carbocycles. The zero-order valence-corrected chi connectivity index (χ0v) is 11.6. The first-order valence-corrected chi connectivity index (χ1v) is 7.55. The maximum atomic E-state index is 3.80. The van der Waals surface area contributed by atoms with Gasteiger partial charge in [-0.25, -0.2) is 0 Å². The van der Waals surface area contributed by atoms with Gasteiger partial charge in [-0.05, 0) is 31.2 Å². The zero-order chi connectivity index (χ0) is 11.8. The summed E-state index contributed by atoms with van der Waals surface area (Å²) in [5.41, 5.74) is 0. The van der Waals surface area contributed by atoms with E-state index in [1.807, 2.05) is 0 Å². The second-order valence-electron chi connectivity index (χ2n) is 5.52. The predicted molar refractivity (Wildman–Crippen MR) is 72.7 cm³/mol. The van der Waals surface area contributed by atoms with E-state index in [9.17, 15) is 0 Å². The Labute approximate surface area is 102 Å². The quantitative estimate of drug-likeness (QED) is 0.647. The molecule has 0 saturated heterocycles. The highest BCUT2D eigenvalue weighted by Gasteiger charge is 2.24. The molecule has 1 aliphatic carbocycles. The van der Waals surface area contributed by atoms with Gasteiger partial charge in [0, 0.05) is 6.04 Å². The molecule has 1 rings (SSSR count). The molecular weight excluding hydrogens is 194 g/mol. The van der Waals surface area contributed by atoms with Crippen LogP contribution in [0.25, 0.3) is 0 Å². The lowest BCUT2D eigenvalue weighted by Gasteiger charge is -2.29. The third-order valence-corrected chi connectivity index (χ3v) is 4.34. The van der Waals surface area contributed by atoms with Crippen molar-refractivity contribution in [2.75, 3.05) is 6.54 Å². The molecule has 0 aromatic heterocycles. The fourth-order valence-corrected chi connectivity index (χ4v) is 3.24. The lowest BCUT2D eigenvalue weighted by atomic mass is 9.86. The lowest BCUT2D eigenvalue weighted by molar-refractivity contribution is 0.279. The minimum absolute atomic E-state index is 0.790. The van der Waals surface area contributed by atoms with E-state index in [0.29, 0.717) is 0 Å². The highest BCUT2D eigenvalue weighted by atomic mass is 14.9. The van der Waals surface area contributed by atoms with Crippen LogP contribution in [0, 0.1) is 11.8 Å². The Morgan fingerprint density at radius 3 is 2.19 bits per heavy atom. The van der Waals surface area contributed by atoms with Gasteiger partial charge < -0.3 is 5.32 Å². The van der Waals surface area contributed by atoms with Crippen molar-refractivity contribution in [3.8, 4) is 0 Å². The predicted octanol–water partition coefficient (Wildman–Crippen LogP) is 4.37. The molecule has 0 bridgehead atoms. The van der Waals surface area contributed by atoms with Crippen LogP contribution < -0.4 is 5.32 Å². The first-order valence-electron chi connectivity index (χ1n) is 7.55. The van der Waals surface area contributed by atoms with Crippen molar-refractivity contribution in [3.05, 3.63) is 0 Å². The molecule has 1 N–H and O–H groups in total. The third-order valence-electron chi connectivity index (χ3n) is 4.34. The van der Waals surface area contributed by atoms with Crippen molar-refractivity contribution in [2.24, 2.45) is 11.8 Å². The van der Waals surface area contributed by atoms with E-state index in [-0.39, 0.29) is 0 Å². The van der Waals surface area contributed by atoms with Crippen LogP contribution in [-0.2, 0) is 0 Å². The molecule has 0 radical (unpaired) electrons. The number of rotatable bonds is 8. The second kappa shape index (κ2) is 8.11. The molecule has 1 aliphatic rings. The topological polar surface area (TPSA) is 12.0 Å². The molecule has 0 spiro atoms. The van der Waals surface area contributed by atoms with Gasteiger partial charge in [0.2, 0.25) is 0 Å². The fraction of sp³-hybridized carbons (Fsp3) is 1.00. The highest BCUT2D eigenvalue weighted by Crippen LogP contribution is 2.31. The van der Waals surface area contributed by atoms with E-state index in [4.69, 9.17) is 0 Å². The molecule has 1 nitrogen and oxygen atoms in total. The van der Waals surface area contributed by atoms with Crippen molar-refractivity contribution in [1.82, 2.24) is 5.32 Å². The molecule has 1 unspecified atom stereocenters.